The van der Waals surface area contributed by atoms with E-state index < -0.39 is 11.9 Å². The third kappa shape index (κ3) is 3.59. The van der Waals surface area contributed by atoms with Crippen molar-refractivity contribution in [1.82, 2.24) is 0 Å². The lowest BCUT2D eigenvalue weighted by Crippen LogP contribution is -2.12. The normalized spacial score (nSPS) is 9.78. The van der Waals surface area contributed by atoms with Gasteiger partial charge in [-0.1, -0.05) is 11.6 Å². The first-order chi connectivity index (χ1) is 11.0. The summed E-state index contributed by atoms with van der Waals surface area (Å²) in [6.45, 7) is 0. The minimum Gasteiger partial charge on any atom is -0.506 e. The van der Waals surface area contributed by atoms with Gasteiger partial charge in [0.05, 0.1) is 28.9 Å². The molecule has 2 N–H and O–H groups in total. The van der Waals surface area contributed by atoms with E-state index in [2.05, 4.69) is 10.1 Å². The molecule has 6 nitrogen and oxygen atoms in total. The van der Waals surface area contributed by atoms with Gasteiger partial charge in [-0.15, -0.1) is 0 Å². The predicted octanol–water partition coefficient (Wildman–Crippen LogP) is 2.96. The lowest BCUT2D eigenvalue weighted by molar-refractivity contribution is 0.0600. The molecule has 0 spiro atoms. The molecule has 0 atom stereocenters. The van der Waals surface area contributed by atoms with Crippen LogP contribution in [0.15, 0.2) is 36.4 Å². The summed E-state index contributed by atoms with van der Waals surface area (Å²) in [5.74, 6) is -1.39. The highest BCUT2D eigenvalue weighted by Gasteiger charge is 2.13. The smallest absolute Gasteiger partial charge is 0.337 e. The number of amides is 1. The molecule has 7 heteroatoms. The first kappa shape index (κ1) is 16.3. The highest BCUT2D eigenvalue weighted by atomic mass is 35.5. The van der Waals surface area contributed by atoms with E-state index in [1.54, 1.807) is 0 Å². The number of phenolic OH excluding ortho intramolecular Hbond substituents is 1. The molecule has 0 radical (unpaired) electrons. The molecule has 0 unspecified atom stereocenters. The van der Waals surface area contributed by atoms with E-state index in [1.165, 1.54) is 43.5 Å². The van der Waals surface area contributed by atoms with Crippen LogP contribution in [-0.4, -0.2) is 24.1 Å². The van der Waals surface area contributed by atoms with Crippen LogP contribution in [0.4, 0.5) is 5.69 Å². The maximum atomic E-state index is 12.1. The van der Waals surface area contributed by atoms with Crippen LogP contribution in [0, 0.1) is 11.3 Å². The number of nitriles is 1. The number of nitrogens with one attached hydrogen (secondary N) is 1. The Bertz CT molecular complexity index is 827. The van der Waals surface area contributed by atoms with Crippen LogP contribution in [-0.2, 0) is 4.74 Å². The summed E-state index contributed by atoms with van der Waals surface area (Å²) in [6.07, 6.45) is 0. The molecule has 0 aliphatic carbocycles. The van der Waals surface area contributed by atoms with Crippen molar-refractivity contribution >= 4 is 29.2 Å². The molecular weight excluding hydrogens is 320 g/mol. The lowest BCUT2D eigenvalue weighted by atomic mass is 10.1. The Hall–Kier alpha value is -3.04. The van der Waals surface area contributed by atoms with Gasteiger partial charge < -0.3 is 15.2 Å². The number of aromatic hydroxyl groups is 1. The minimum atomic E-state index is -0.600. The zero-order chi connectivity index (χ0) is 17.0. The number of carbonyl (C=O) groups excluding carboxylic acids is 2. The zero-order valence-corrected chi connectivity index (χ0v) is 12.7. The van der Waals surface area contributed by atoms with Crippen molar-refractivity contribution in [2.75, 3.05) is 12.4 Å². The molecule has 0 aromatic heterocycles. The number of methoxy groups -OCH3 is 1. The van der Waals surface area contributed by atoms with Gasteiger partial charge in [0, 0.05) is 5.56 Å². The number of ether oxygens (including phenoxy) is 1. The van der Waals surface area contributed by atoms with Gasteiger partial charge in [-0.25, -0.2) is 4.79 Å². The number of anilines is 1. The highest BCUT2D eigenvalue weighted by molar-refractivity contribution is 6.32. The molecule has 2 aromatic carbocycles. The largest absolute Gasteiger partial charge is 0.506 e. The van der Waals surface area contributed by atoms with Gasteiger partial charge in [-0.05, 0) is 36.4 Å². The average molecular weight is 331 g/mol. The van der Waals surface area contributed by atoms with Gasteiger partial charge in [0.25, 0.3) is 5.91 Å². The van der Waals surface area contributed by atoms with E-state index in [9.17, 15) is 14.7 Å². The maximum Gasteiger partial charge on any atom is 0.337 e. The third-order valence-electron chi connectivity index (χ3n) is 3.02. The van der Waals surface area contributed by atoms with E-state index in [4.69, 9.17) is 16.9 Å². The fourth-order valence-corrected chi connectivity index (χ4v) is 2.05. The third-order valence-corrected chi connectivity index (χ3v) is 3.33. The molecule has 2 rings (SSSR count). The maximum absolute atomic E-state index is 12.1. The van der Waals surface area contributed by atoms with Crippen molar-refractivity contribution in [2.24, 2.45) is 0 Å². The van der Waals surface area contributed by atoms with E-state index >= 15 is 0 Å². The number of hydrogen-bond acceptors (Lipinski definition) is 5. The molecule has 116 valence electrons. The second-order valence-corrected chi connectivity index (χ2v) is 4.89. The van der Waals surface area contributed by atoms with Crippen molar-refractivity contribution in [3.05, 3.63) is 58.1 Å². The second-order valence-electron chi connectivity index (χ2n) is 4.48. The standard InChI is InChI=1S/C16H11ClN2O4/c1-23-16(22)10-4-5-13(14(20)7-10)19-15(21)9-2-3-11(8-18)12(17)6-9/h2-7,20H,1H3,(H,19,21). The summed E-state index contributed by atoms with van der Waals surface area (Å²) >= 11 is 5.88. The number of hydrogen-bond donors (Lipinski definition) is 2. The van der Waals surface area contributed by atoms with Crippen LogP contribution >= 0.6 is 11.6 Å². The van der Waals surface area contributed by atoms with Crippen LogP contribution in [0.2, 0.25) is 5.02 Å². The van der Waals surface area contributed by atoms with Gasteiger partial charge >= 0.3 is 5.97 Å². The Morgan fingerprint density at radius 1 is 1.22 bits per heavy atom. The Morgan fingerprint density at radius 2 is 1.91 bits per heavy atom. The molecule has 0 bridgehead atoms. The summed E-state index contributed by atoms with van der Waals surface area (Å²) in [5.41, 5.74) is 0.770. The van der Waals surface area contributed by atoms with Crippen molar-refractivity contribution in [2.45, 2.75) is 0 Å². The average Bonchev–Trinajstić information content (AvgIpc) is 2.55. The SMILES string of the molecule is COC(=O)c1ccc(NC(=O)c2ccc(C#N)c(Cl)c2)c(O)c1. The van der Waals surface area contributed by atoms with Crippen LogP contribution in [0.25, 0.3) is 0 Å². The van der Waals surface area contributed by atoms with Crippen LogP contribution in [0.5, 0.6) is 5.75 Å². The fourth-order valence-electron chi connectivity index (χ4n) is 1.82. The molecular formula is C16H11ClN2O4. The van der Waals surface area contributed by atoms with E-state index in [0.717, 1.165) is 0 Å². The molecule has 1 amide bonds. The first-order valence-electron chi connectivity index (χ1n) is 6.38. The van der Waals surface area contributed by atoms with Crippen LogP contribution < -0.4 is 5.32 Å². The predicted molar refractivity (Wildman–Crippen MR) is 83.6 cm³/mol. The minimum absolute atomic E-state index is 0.128. The summed E-state index contributed by atoms with van der Waals surface area (Å²) in [6, 6.07) is 10.1. The number of nitrogens with zero attached hydrogens (tertiary/aromatic N) is 1. The van der Waals surface area contributed by atoms with Crippen molar-refractivity contribution in [1.29, 1.82) is 5.26 Å². The number of benzene rings is 2. The molecule has 23 heavy (non-hydrogen) atoms. The van der Waals surface area contributed by atoms with Crippen molar-refractivity contribution < 1.29 is 19.4 Å². The second kappa shape index (κ2) is 6.81. The fraction of sp³-hybridized carbons (Fsp3) is 0.0625. The molecule has 0 saturated carbocycles. The van der Waals surface area contributed by atoms with Gasteiger partial charge in [0.1, 0.15) is 11.8 Å². The highest BCUT2D eigenvalue weighted by Crippen LogP contribution is 2.26. The number of rotatable bonds is 3. The summed E-state index contributed by atoms with van der Waals surface area (Å²) in [7, 11) is 1.23. The monoisotopic (exact) mass is 330 g/mol. The quantitative estimate of drug-likeness (QED) is 0.665. The lowest BCUT2D eigenvalue weighted by Gasteiger charge is -2.09. The molecule has 0 aliphatic heterocycles. The summed E-state index contributed by atoms with van der Waals surface area (Å²) in [5, 5.41) is 21.3. The number of carbonyl (C=O) groups is 2. The molecule has 0 aliphatic rings. The van der Waals surface area contributed by atoms with E-state index in [0.29, 0.717) is 0 Å². The van der Waals surface area contributed by atoms with Gasteiger partial charge in [0.15, 0.2) is 0 Å². The molecule has 0 saturated heterocycles. The zero-order valence-electron chi connectivity index (χ0n) is 12.0. The Morgan fingerprint density at radius 3 is 2.48 bits per heavy atom. The Labute approximate surface area is 136 Å². The van der Waals surface area contributed by atoms with Crippen molar-refractivity contribution in [3.63, 3.8) is 0 Å². The Kier molecular flexibility index (Phi) is 4.84. The molecule has 0 heterocycles. The summed E-state index contributed by atoms with van der Waals surface area (Å²) in [4.78, 5) is 23.5. The number of phenols is 1. The van der Waals surface area contributed by atoms with Gasteiger partial charge in [-0.2, -0.15) is 5.26 Å². The van der Waals surface area contributed by atoms with Crippen LogP contribution in [0.3, 0.4) is 0 Å². The van der Waals surface area contributed by atoms with Gasteiger partial charge in [0.2, 0.25) is 0 Å². The van der Waals surface area contributed by atoms with E-state index in [1.807, 2.05) is 6.07 Å². The first-order valence-corrected chi connectivity index (χ1v) is 6.76. The topological polar surface area (TPSA) is 99.4 Å². The number of halogens is 1. The molecule has 2 aromatic rings. The molecule has 0 fully saturated rings. The Balaban J connectivity index is 2.22. The van der Waals surface area contributed by atoms with Crippen LogP contribution in [0.1, 0.15) is 26.3 Å². The summed E-state index contributed by atoms with van der Waals surface area (Å²) < 4.78 is 4.54. The van der Waals surface area contributed by atoms with Gasteiger partial charge in [-0.3, -0.25) is 4.79 Å². The van der Waals surface area contributed by atoms with E-state index in [-0.39, 0.29) is 33.1 Å². The van der Waals surface area contributed by atoms with Crippen molar-refractivity contribution in [3.8, 4) is 11.8 Å². The number of esters is 1.